The molecule has 0 aliphatic heterocycles. The van der Waals surface area contributed by atoms with Crippen molar-refractivity contribution in [3.8, 4) is 5.75 Å². The van der Waals surface area contributed by atoms with Gasteiger partial charge in [-0.3, -0.25) is 4.79 Å². The van der Waals surface area contributed by atoms with Crippen LogP contribution in [0.2, 0.25) is 0 Å². The molecule has 162 valence electrons. The van der Waals surface area contributed by atoms with E-state index in [0.717, 1.165) is 24.3 Å². The van der Waals surface area contributed by atoms with E-state index in [0.29, 0.717) is 24.3 Å². The van der Waals surface area contributed by atoms with E-state index in [1.54, 1.807) is 54.5 Å². The van der Waals surface area contributed by atoms with Crippen LogP contribution in [0.5, 0.6) is 5.75 Å². The Bertz CT molecular complexity index is 1120. The molecule has 0 aliphatic carbocycles. The van der Waals surface area contributed by atoms with Gasteiger partial charge >= 0.3 is 10.1 Å². The first-order chi connectivity index (χ1) is 14.9. The van der Waals surface area contributed by atoms with Crippen LogP contribution in [0.25, 0.3) is 0 Å². The maximum absolute atomic E-state index is 13.1. The summed E-state index contributed by atoms with van der Waals surface area (Å²) in [5, 5.41) is 0. The molecule has 0 fully saturated rings. The molecule has 0 bridgehead atoms. The minimum atomic E-state index is -4.12. The standard InChI is InChI=1S/C23H22FNO5S/c1-29-15-14-25(23(26)19-7-3-2-4-8-19)17-18-6-5-9-21(16-18)30-31(27,28)22-12-10-20(24)11-13-22/h2-13,16H,14-15,17H2,1H3. The summed E-state index contributed by atoms with van der Waals surface area (Å²) in [5.41, 5.74) is 1.23. The molecule has 0 aromatic heterocycles. The van der Waals surface area contributed by atoms with Gasteiger partial charge in [-0.05, 0) is 54.1 Å². The second-order valence-electron chi connectivity index (χ2n) is 6.72. The summed E-state index contributed by atoms with van der Waals surface area (Å²) in [5.74, 6) is -0.608. The van der Waals surface area contributed by atoms with Crippen LogP contribution in [0, 0.1) is 5.82 Å². The van der Waals surface area contributed by atoms with Gasteiger partial charge in [0.05, 0.1) is 6.61 Å². The van der Waals surface area contributed by atoms with E-state index in [2.05, 4.69) is 0 Å². The Morgan fingerprint density at radius 2 is 1.68 bits per heavy atom. The number of carbonyl (C=O) groups excluding carboxylic acids is 1. The number of methoxy groups -OCH3 is 1. The Morgan fingerprint density at radius 3 is 2.35 bits per heavy atom. The number of rotatable bonds is 9. The molecule has 6 nitrogen and oxygen atoms in total. The van der Waals surface area contributed by atoms with Crippen molar-refractivity contribution in [2.24, 2.45) is 0 Å². The Kier molecular flexibility index (Phi) is 7.38. The summed E-state index contributed by atoms with van der Waals surface area (Å²) in [6.07, 6.45) is 0. The second kappa shape index (κ2) is 10.2. The summed E-state index contributed by atoms with van der Waals surface area (Å²) in [6, 6.07) is 19.7. The van der Waals surface area contributed by atoms with Gasteiger partial charge in [0.25, 0.3) is 5.91 Å². The highest BCUT2D eigenvalue weighted by molar-refractivity contribution is 7.87. The largest absolute Gasteiger partial charge is 0.383 e. The molecule has 0 radical (unpaired) electrons. The van der Waals surface area contributed by atoms with E-state index < -0.39 is 15.9 Å². The maximum Gasteiger partial charge on any atom is 0.339 e. The second-order valence-corrected chi connectivity index (χ2v) is 8.27. The molecule has 8 heteroatoms. The van der Waals surface area contributed by atoms with Crippen molar-refractivity contribution in [3.05, 3.63) is 95.8 Å². The van der Waals surface area contributed by atoms with Crippen molar-refractivity contribution in [3.63, 3.8) is 0 Å². The van der Waals surface area contributed by atoms with E-state index >= 15 is 0 Å². The van der Waals surface area contributed by atoms with Gasteiger partial charge in [-0.25, -0.2) is 4.39 Å². The van der Waals surface area contributed by atoms with Crippen molar-refractivity contribution in [1.82, 2.24) is 4.90 Å². The van der Waals surface area contributed by atoms with Gasteiger partial charge in [0.2, 0.25) is 0 Å². The maximum atomic E-state index is 13.1. The molecule has 0 heterocycles. The van der Waals surface area contributed by atoms with Gasteiger partial charge in [0, 0.05) is 25.8 Å². The molecule has 0 aliphatic rings. The molecule has 0 unspecified atom stereocenters. The SMILES string of the molecule is COCCN(Cc1cccc(OS(=O)(=O)c2ccc(F)cc2)c1)C(=O)c1ccccc1. The summed E-state index contributed by atoms with van der Waals surface area (Å²) < 4.78 is 48.3. The molecule has 3 aromatic rings. The van der Waals surface area contributed by atoms with Crippen LogP contribution in [0.4, 0.5) is 4.39 Å². The van der Waals surface area contributed by atoms with E-state index in [4.69, 9.17) is 8.92 Å². The first kappa shape index (κ1) is 22.5. The van der Waals surface area contributed by atoms with Gasteiger partial charge < -0.3 is 13.8 Å². The summed E-state index contributed by atoms with van der Waals surface area (Å²) in [6.45, 7) is 0.960. The van der Waals surface area contributed by atoms with Crippen LogP contribution in [0.3, 0.4) is 0 Å². The van der Waals surface area contributed by atoms with Crippen molar-refractivity contribution in [1.29, 1.82) is 0 Å². The molecular weight excluding hydrogens is 421 g/mol. The molecule has 1 amide bonds. The van der Waals surface area contributed by atoms with E-state index in [-0.39, 0.29) is 23.1 Å². The minimum absolute atomic E-state index is 0.0978. The zero-order valence-corrected chi connectivity index (χ0v) is 17.7. The average Bonchev–Trinajstić information content (AvgIpc) is 2.77. The zero-order chi connectivity index (χ0) is 22.3. The van der Waals surface area contributed by atoms with Crippen LogP contribution in [-0.2, 0) is 21.4 Å². The van der Waals surface area contributed by atoms with Gasteiger partial charge in [0.15, 0.2) is 0 Å². The van der Waals surface area contributed by atoms with Crippen LogP contribution in [0.15, 0.2) is 83.8 Å². The first-order valence-electron chi connectivity index (χ1n) is 9.51. The number of halogens is 1. The number of benzene rings is 3. The molecule has 3 rings (SSSR count). The fourth-order valence-corrected chi connectivity index (χ4v) is 3.83. The lowest BCUT2D eigenvalue weighted by atomic mass is 10.1. The van der Waals surface area contributed by atoms with E-state index in [1.807, 2.05) is 6.07 Å². The van der Waals surface area contributed by atoms with Crippen molar-refractivity contribution < 1.29 is 26.5 Å². The fraction of sp³-hybridized carbons (Fsp3) is 0.174. The van der Waals surface area contributed by atoms with Gasteiger partial charge in [0.1, 0.15) is 16.5 Å². The molecule has 3 aromatic carbocycles. The van der Waals surface area contributed by atoms with E-state index in [1.165, 1.54) is 6.07 Å². The van der Waals surface area contributed by atoms with Crippen LogP contribution in [-0.4, -0.2) is 39.5 Å². The third kappa shape index (κ3) is 6.13. The normalized spacial score (nSPS) is 11.2. The summed E-state index contributed by atoms with van der Waals surface area (Å²) >= 11 is 0. The van der Waals surface area contributed by atoms with Gasteiger partial charge in [-0.1, -0.05) is 30.3 Å². The Balaban J connectivity index is 1.78. The van der Waals surface area contributed by atoms with E-state index in [9.17, 15) is 17.6 Å². The van der Waals surface area contributed by atoms with Crippen molar-refractivity contribution >= 4 is 16.0 Å². The number of ether oxygens (including phenoxy) is 1. The quantitative estimate of drug-likeness (QED) is 0.469. The Labute approximate surface area is 181 Å². The third-order valence-electron chi connectivity index (χ3n) is 4.45. The lowest BCUT2D eigenvalue weighted by Gasteiger charge is -2.23. The number of nitrogens with zero attached hydrogens (tertiary/aromatic N) is 1. The lowest BCUT2D eigenvalue weighted by Crippen LogP contribution is -2.33. The van der Waals surface area contributed by atoms with Gasteiger partial charge in [-0.2, -0.15) is 8.42 Å². The topological polar surface area (TPSA) is 72.9 Å². The molecule has 31 heavy (non-hydrogen) atoms. The molecular formula is C23H22FNO5S. The Morgan fingerprint density at radius 1 is 0.968 bits per heavy atom. The van der Waals surface area contributed by atoms with Gasteiger partial charge in [-0.15, -0.1) is 0 Å². The van der Waals surface area contributed by atoms with Crippen LogP contribution < -0.4 is 4.18 Å². The third-order valence-corrected chi connectivity index (χ3v) is 5.71. The zero-order valence-electron chi connectivity index (χ0n) is 16.9. The molecule has 0 spiro atoms. The molecule has 0 atom stereocenters. The summed E-state index contributed by atoms with van der Waals surface area (Å²) in [4.78, 5) is 14.4. The Hall–Kier alpha value is -3.23. The monoisotopic (exact) mass is 443 g/mol. The van der Waals surface area contributed by atoms with Crippen LogP contribution >= 0.6 is 0 Å². The summed E-state index contributed by atoms with van der Waals surface area (Å²) in [7, 11) is -2.56. The number of hydrogen-bond acceptors (Lipinski definition) is 5. The van der Waals surface area contributed by atoms with Crippen LogP contribution in [0.1, 0.15) is 15.9 Å². The molecule has 0 saturated heterocycles. The fourth-order valence-electron chi connectivity index (χ4n) is 2.91. The highest BCUT2D eigenvalue weighted by Crippen LogP contribution is 2.21. The predicted molar refractivity (Wildman–Crippen MR) is 114 cm³/mol. The number of hydrogen-bond donors (Lipinski definition) is 0. The van der Waals surface area contributed by atoms with Crippen molar-refractivity contribution in [2.45, 2.75) is 11.4 Å². The highest BCUT2D eigenvalue weighted by atomic mass is 32.2. The minimum Gasteiger partial charge on any atom is -0.383 e. The smallest absolute Gasteiger partial charge is 0.339 e. The lowest BCUT2D eigenvalue weighted by molar-refractivity contribution is 0.0680. The highest BCUT2D eigenvalue weighted by Gasteiger charge is 2.19. The molecule has 0 N–H and O–H groups in total. The average molecular weight is 443 g/mol. The predicted octanol–water partition coefficient (Wildman–Crippen LogP) is 3.88. The first-order valence-corrected chi connectivity index (χ1v) is 10.9. The number of amides is 1. The van der Waals surface area contributed by atoms with Crippen molar-refractivity contribution in [2.75, 3.05) is 20.3 Å². The number of carbonyl (C=O) groups is 1. The molecule has 0 saturated carbocycles.